The topological polar surface area (TPSA) is 42.2 Å². The van der Waals surface area contributed by atoms with Gasteiger partial charge in [-0.2, -0.15) is 5.26 Å². The summed E-state index contributed by atoms with van der Waals surface area (Å²) in [5, 5.41) is 10.1. The van der Waals surface area contributed by atoms with Gasteiger partial charge >= 0.3 is 0 Å². The lowest BCUT2D eigenvalue weighted by atomic mass is 9.69. The van der Waals surface area contributed by atoms with E-state index in [0.717, 1.165) is 55.6 Å². The Morgan fingerprint density at radius 3 is 2.39 bits per heavy atom. The predicted molar refractivity (Wildman–Crippen MR) is 118 cm³/mol. The number of rotatable bonds is 4. The van der Waals surface area contributed by atoms with Crippen molar-refractivity contribution in [2.75, 3.05) is 18.6 Å². The Morgan fingerprint density at radius 1 is 1.04 bits per heavy atom. The third-order valence-corrected chi connectivity index (χ3v) is 9.07. The van der Waals surface area contributed by atoms with Crippen LogP contribution in [0.2, 0.25) is 0 Å². The smallest absolute Gasteiger partial charge is 0.161 e. The van der Waals surface area contributed by atoms with E-state index in [0.29, 0.717) is 0 Å². The molecule has 1 saturated heterocycles. The molecule has 2 saturated carbocycles. The molecular weight excluding hydrogens is 386 g/mol. The van der Waals surface area contributed by atoms with Gasteiger partial charge in [-0.3, -0.25) is 0 Å². The fourth-order valence-electron chi connectivity index (χ4n) is 4.53. The maximum absolute atomic E-state index is 10.1. The van der Waals surface area contributed by atoms with E-state index in [4.69, 9.17) is 9.47 Å². The molecule has 1 aliphatic heterocycles. The lowest BCUT2D eigenvalue weighted by Gasteiger charge is -2.34. The number of ether oxygens (including phenoxy) is 2. The van der Waals surface area contributed by atoms with Crippen LogP contribution >= 0.6 is 23.5 Å². The molecule has 1 aromatic rings. The number of benzene rings is 1. The molecular formula is C23H29NO2S2. The number of nitriles is 1. The van der Waals surface area contributed by atoms with Crippen molar-refractivity contribution < 1.29 is 9.47 Å². The molecule has 28 heavy (non-hydrogen) atoms. The minimum absolute atomic E-state index is 0.283. The predicted octanol–water partition coefficient (Wildman–Crippen LogP) is 6.43. The summed E-state index contributed by atoms with van der Waals surface area (Å²) in [6.07, 6.45) is 10.2. The summed E-state index contributed by atoms with van der Waals surface area (Å²) in [6, 6.07) is 8.83. The molecule has 0 N–H and O–H groups in total. The summed E-state index contributed by atoms with van der Waals surface area (Å²) in [5.41, 5.74) is 2.27. The van der Waals surface area contributed by atoms with Gasteiger partial charge in [0.05, 0.1) is 24.7 Å². The minimum atomic E-state index is -0.409. The van der Waals surface area contributed by atoms with Crippen LogP contribution in [0.5, 0.6) is 11.5 Å². The first-order chi connectivity index (χ1) is 13.7. The van der Waals surface area contributed by atoms with Gasteiger partial charge in [0.25, 0.3) is 0 Å². The number of hydrogen-bond donors (Lipinski definition) is 0. The summed E-state index contributed by atoms with van der Waals surface area (Å²) in [4.78, 5) is 0. The van der Waals surface area contributed by atoms with E-state index in [2.05, 4.69) is 18.2 Å². The van der Waals surface area contributed by atoms with Gasteiger partial charge < -0.3 is 9.47 Å². The second-order valence-electron chi connectivity index (χ2n) is 8.03. The Bertz CT molecular complexity index is 759. The van der Waals surface area contributed by atoms with Gasteiger partial charge in [-0.15, -0.1) is 23.5 Å². The number of methoxy groups -OCH3 is 1. The quantitative estimate of drug-likeness (QED) is 0.566. The van der Waals surface area contributed by atoms with Crippen molar-refractivity contribution in [3.63, 3.8) is 0 Å². The van der Waals surface area contributed by atoms with Crippen molar-refractivity contribution in [1.82, 2.24) is 0 Å². The number of nitrogens with zero attached hydrogens (tertiary/aromatic N) is 1. The van der Waals surface area contributed by atoms with E-state index in [-0.39, 0.29) is 6.10 Å². The van der Waals surface area contributed by atoms with Crippen molar-refractivity contribution in [3.8, 4) is 17.6 Å². The first-order valence-corrected chi connectivity index (χ1v) is 12.5. The number of hydrogen-bond acceptors (Lipinski definition) is 5. The third-order valence-electron chi connectivity index (χ3n) is 6.28. The Morgan fingerprint density at radius 2 is 1.75 bits per heavy atom. The van der Waals surface area contributed by atoms with Gasteiger partial charge in [-0.1, -0.05) is 11.6 Å². The van der Waals surface area contributed by atoms with Crippen molar-refractivity contribution in [3.05, 3.63) is 33.6 Å². The lowest BCUT2D eigenvalue weighted by molar-refractivity contribution is 0.200. The van der Waals surface area contributed by atoms with E-state index in [1.165, 1.54) is 35.0 Å². The van der Waals surface area contributed by atoms with E-state index in [1.54, 1.807) is 12.7 Å². The Balaban J connectivity index is 1.55. The second kappa shape index (κ2) is 9.05. The van der Waals surface area contributed by atoms with E-state index in [9.17, 15) is 5.26 Å². The fourth-order valence-corrected chi connectivity index (χ4v) is 7.32. The van der Waals surface area contributed by atoms with E-state index < -0.39 is 5.41 Å². The average Bonchev–Trinajstić information content (AvgIpc) is 3.27. The molecule has 150 valence electrons. The molecule has 3 fully saturated rings. The summed E-state index contributed by atoms with van der Waals surface area (Å²) in [6.45, 7) is 0. The van der Waals surface area contributed by atoms with Crippen molar-refractivity contribution >= 4 is 23.5 Å². The van der Waals surface area contributed by atoms with Crippen LogP contribution in [-0.4, -0.2) is 24.7 Å². The van der Waals surface area contributed by atoms with Crippen LogP contribution in [-0.2, 0) is 5.41 Å². The summed E-state index contributed by atoms with van der Waals surface area (Å²) in [5.74, 6) is 4.08. The minimum Gasteiger partial charge on any atom is -0.493 e. The van der Waals surface area contributed by atoms with Crippen LogP contribution in [0.3, 0.4) is 0 Å². The molecule has 0 unspecified atom stereocenters. The fraction of sp³-hybridized carbons (Fsp3) is 0.609. The second-order valence-corrected chi connectivity index (χ2v) is 10.5. The summed E-state index contributed by atoms with van der Waals surface area (Å²) < 4.78 is 13.4. The SMILES string of the molecule is COc1ccc(C2(C#N)CCC(=C3SCCCS3)CC2)cc1OC1CCCC1. The Hall–Kier alpha value is -1.25. The Kier molecular flexibility index (Phi) is 6.48. The average molecular weight is 416 g/mol. The molecule has 1 aromatic carbocycles. The molecule has 3 aliphatic rings. The molecule has 0 amide bonds. The van der Waals surface area contributed by atoms with Crippen LogP contribution < -0.4 is 9.47 Å². The van der Waals surface area contributed by atoms with E-state index in [1.807, 2.05) is 29.6 Å². The highest BCUT2D eigenvalue weighted by Gasteiger charge is 2.37. The maximum Gasteiger partial charge on any atom is 0.161 e. The zero-order valence-corrected chi connectivity index (χ0v) is 18.3. The highest BCUT2D eigenvalue weighted by atomic mass is 32.2. The number of thioether (sulfide) groups is 2. The molecule has 0 aromatic heterocycles. The first kappa shape index (κ1) is 20.0. The van der Waals surface area contributed by atoms with Crippen molar-refractivity contribution in [1.29, 1.82) is 5.26 Å². The van der Waals surface area contributed by atoms with Crippen LogP contribution in [0.15, 0.2) is 28.0 Å². The third kappa shape index (κ3) is 4.19. The van der Waals surface area contributed by atoms with Crippen LogP contribution in [0.4, 0.5) is 0 Å². The van der Waals surface area contributed by atoms with Gasteiger partial charge in [0, 0.05) is 4.24 Å². The molecule has 3 nitrogen and oxygen atoms in total. The standard InChI is InChI=1S/C23H29NO2S2/c1-25-20-8-7-18(15-21(20)26-19-5-2-3-6-19)23(16-24)11-9-17(10-12-23)22-27-13-4-14-28-22/h7-8,15,19H,2-6,9-14H2,1H3. The molecule has 5 heteroatoms. The molecule has 0 spiro atoms. The van der Waals surface area contributed by atoms with Gasteiger partial charge in [0.1, 0.15) is 0 Å². The summed E-state index contributed by atoms with van der Waals surface area (Å²) in [7, 11) is 1.69. The van der Waals surface area contributed by atoms with Crippen molar-refractivity contribution in [2.24, 2.45) is 0 Å². The van der Waals surface area contributed by atoms with Gasteiger partial charge in [-0.25, -0.2) is 0 Å². The largest absolute Gasteiger partial charge is 0.493 e. The van der Waals surface area contributed by atoms with Crippen LogP contribution in [0.25, 0.3) is 0 Å². The molecule has 4 rings (SSSR count). The zero-order valence-electron chi connectivity index (χ0n) is 16.7. The van der Waals surface area contributed by atoms with Gasteiger partial charge in [0.15, 0.2) is 11.5 Å². The van der Waals surface area contributed by atoms with Crippen molar-refractivity contribution in [2.45, 2.75) is 69.3 Å². The van der Waals surface area contributed by atoms with Crippen LogP contribution in [0, 0.1) is 11.3 Å². The first-order valence-electron chi connectivity index (χ1n) is 10.5. The molecule has 1 heterocycles. The van der Waals surface area contributed by atoms with Gasteiger partial charge in [0.2, 0.25) is 0 Å². The molecule has 0 atom stereocenters. The van der Waals surface area contributed by atoms with Crippen LogP contribution in [0.1, 0.15) is 63.4 Å². The molecule has 0 radical (unpaired) electrons. The molecule has 2 aliphatic carbocycles. The Labute approximate surface area is 177 Å². The van der Waals surface area contributed by atoms with Gasteiger partial charge in [-0.05, 0) is 87.0 Å². The highest BCUT2D eigenvalue weighted by molar-refractivity contribution is 8.22. The zero-order chi connectivity index (χ0) is 19.4. The molecule has 0 bridgehead atoms. The highest BCUT2D eigenvalue weighted by Crippen LogP contribution is 2.48. The van der Waals surface area contributed by atoms with E-state index >= 15 is 0 Å². The number of allylic oxidation sites excluding steroid dienone is 1. The lowest BCUT2D eigenvalue weighted by Crippen LogP contribution is -2.28. The summed E-state index contributed by atoms with van der Waals surface area (Å²) >= 11 is 4.04. The normalized spacial score (nSPS) is 26.1. The maximum atomic E-state index is 10.1. The monoisotopic (exact) mass is 415 g/mol.